The second kappa shape index (κ2) is 6.28. The Morgan fingerprint density at radius 1 is 1.25 bits per heavy atom. The van der Waals surface area contributed by atoms with Gasteiger partial charge in [-0.3, -0.25) is 4.21 Å². The van der Waals surface area contributed by atoms with Crippen molar-refractivity contribution >= 4 is 32.7 Å². The van der Waals surface area contributed by atoms with Crippen molar-refractivity contribution in [2.75, 3.05) is 0 Å². The number of benzene rings is 2. The number of carbonyl (C=O) groups is 1. The summed E-state index contributed by atoms with van der Waals surface area (Å²) in [5.41, 5.74) is 0.370. The summed E-state index contributed by atoms with van der Waals surface area (Å²) in [4.78, 5) is 11.4. The maximum absolute atomic E-state index is 13.5. The second-order valence-electron chi connectivity index (χ2n) is 4.03. The van der Waals surface area contributed by atoms with Gasteiger partial charge in [0.05, 0.1) is 22.1 Å². The predicted molar refractivity (Wildman–Crippen MR) is 77.6 cm³/mol. The first-order valence-electron chi connectivity index (χ1n) is 5.63. The number of carboxylic acids is 1. The molecule has 20 heavy (non-hydrogen) atoms. The summed E-state index contributed by atoms with van der Waals surface area (Å²) in [6.45, 7) is 0. The van der Waals surface area contributed by atoms with Gasteiger partial charge in [-0.25, -0.2) is 9.18 Å². The summed E-state index contributed by atoms with van der Waals surface area (Å²) < 4.78 is 26.1. The Kier molecular flexibility index (Phi) is 4.67. The zero-order valence-corrected chi connectivity index (χ0v) is 12.6. The Labute approximate surface area is 126 Å². The van der Waals surface area contributed by atoms with Gasteiger partial charge in [-0.15, -0.1) is 0 Å². The summed E-state index contributed by atoms with van der Waals surface area (Å²) in [5.74, 6) is -1.52. The molecule has 1 unspecified atom stereocenters. The van der Waals surface area contributed by atoms with Crippen molar-refractivity contribution < 1.29 is 18.5 Å². The van der Waals surface area contributed by atoms with Crippen molar-refractivity contribution in [2.24, 2.45) is 0 Å². The van der Waals surface area contributed by atoms with Crippen molar-refractivity contribution in [1.29, 1.82) is 0 Å². The molecular weight excluding hydrogens is 347 g/mol. The standard InChI is InChI=1S/C14H10BrFO3S/c15-12-6-5-10(7-11(12)14(17)18)20(19)8-9-3-1-2-4-13(9)16/h1-7H,8H2,(H,17,18). The molecule has 2 rings (SSSR count). The number of aromatic carboxylic acids is 1. The van der Waals surface area contributed by atoms with Crippen LogP contribution in [0.5, 0.6) is 0 Å². The fraction of sp³-hybridized carbons (Fsp3) is 0.0714. The monoisotopic (exact) mass is 356 g/mol. The number of halogens is 2. The van der Waals surface area contributed by atoms with Gasteiger partial charge in [0, 0.05) is 14.9 Å². The Morgan fingerprint density at radius 2 is 1.95 bits per heavy atom. The summed E-state index contributed by atoms with van der Waals surface area (Å²) in [6.07, 6.45) is 0. The molecular formula is C14H10BrFO3S. The maximum atomic E-state index is 13.5. The molecule has 3 nitrogen and oxygen atoms in total. The summed E-state index contributed by atoms with van der Waals surface area (Å²) in [6, 6.07) is 10.5. The van der Waals surface area contributed by atoms with Gasteiger partial charge in [-0.2, -0.15) is 0 Å². The lowest BCUT2D eigenvalue weighted by atomic mass is 10.2. The Balaban J connectivity index is 2.28. The van der Waals surface area contributed by atoms with Gasteiger partial charge in [-0.1, -0.05) is 18.2 Å². The summed E-state index contributed by atoms with van der Waals surface area (Å²) >= 11 is 3.12. The third kappa shape index (κ3) is 3.32. The van der Waals surface area contributed by atoms with Crippen LogP contribution in [0.1, 0.15) is 15.9 Å². The van der Waals surface area contributed by atoms with Crippen LogP contribution in [0.4, 0.5) is 4.39 Å². The number of hydrogen-bond donors (Lipinski definition) is 1. The average molecular weight is 357 g/mol. The Bertz CT molecular complexity index is 688. The highest BCUT2D eigenvalue weighted by atomic mass is 79.9. The molecule has 0 saturated carbocycles. The normalized spacial score (nSPS) is 12.1. The molecule has 0 amide bonds. The molecule has 1 atom stereocenters. The Morgan fingerprint density at radius 3 is 2.60 bits per heavy atom. The van der Waals surface area contributed by atoms with Gasteiger partial charge in [0.1, 0.15) is 5.82 Å². The van der Waals surface area contributed by atoms with Crippen LogP contribution < -0.4 is 0 Å². The van der Waals surface area contributed by atoms with E-state index < -0.39 is 22.6 Å². The van der Waals surface area contributed by atoms with Gasteiger partial charge in [0.2, 0.25) is 0 Å². The van der Waals surface area contributed by atoms with E-state index in [-0.39, 0.29) is 11.3 Å². The van der Waals surface area contributed by atoms with Crippen molar-refractivity contribution in [2.45, 2.75) is 10.6 Å². The largest absolute Gasteiger partial charge is 0.478 e. The maximum Gasteiger partial charge on any atom is 0.336 e. The molecule has 0 saturated heterocycles. The highest BCUT2D eigenvalue weighted by Crippen LogP contribution is 2.22. The topological polar surface area (TPSA) is 54.4 Å². The Hall–Kier alpha value is -1.53. The molecule has 0 aliphatic carbocycles. The molecule has 0 heterocycles. The molecule has 0 aliphatic heterocycles. The fourth-order valence-electron chi connectivity index (χ4n) is 1.65. The van der Waals surface area contributed by atoms with E-state index in [0.29, 0.717) is 14.9 Å². The van der Waals surface area contributed by atoms with Gasteiger partial charge < -0.3 is 5.11 Å². The van der Waals surface area contributed by atoms with Crippen molar-refractivity contribution in [1.82, 2.24) is 0 Å². The lowest BCUT2D eigenvalue weighted by Gasteiger charge is -2.06. The highest BCUT2D eigenvalue weighted by molar-refractivity contribution is 9.10. The second-order valence-corrected chi connectivity index (χ2v) is 6.33. The third-order valence-electron chi connectivity index (χ3n) is 2.68. The van der Waals surface area contributed by atoms with E-state index in [1.807, 2.05) is 0 Å². The molecule has 2 aromatic rings. The molecule has 0 bridgehead atoms. The number of carboxylic acid groups (broad SMARTS) is 1. The van der Waals surface area contributed by atoms with Crippen LogP contribution in [0.2, 0.25) is 0 Å². The van der Waals surface area contributed by atoms with E-state index in [1.165, 1.54) is 18.2 Å². The number of rotatable bonds is 4. The minimum absolute atomic E-state index is 0.00731. The van der Waals surface area contributed by atoms with Crippen molar-refractivity contribution in [3.63, 3.8) is 0 Å². The number of hydrogen-bond acceptors (Lipinski definition) is 2. The zero-order valence-electron chi connectivity index (χ0n) is 10.2. The SMILES string of the molecule is O=C(O)c1cc(S(=O)Cc2ccccc2F)ccc1Br. The van der Waals surface area contributed by atoms with Gasteiger partial charge >= 0.3 is 5.97 Å². The van der Waals surface area contributed by atoms with Gasteiger partial charge in [-0.05, 0) is 40.2 Å². The van der Waals surface area contributed by atoms with Crippen molar-refractivity contribution in [3.8, 4) is 0 Å². The van der Waals surface area contributed by atoms with Gasteiger partial charge in [0.25, 0.3) is 0 Å². The molecule has 0 fully saturated rings. The summed E-state index contributed by atoms with van der Waals surface area (Å²) in [7, 11) is -1.50. The first kappa shape index (κ1) is 14.9. The van der Waals surface area contributed by atoms with E-state index in [0.717, 1.165) is 0 Å². The van der Waals surface area contributed by atoms with E-state index in [4.69, 9.17) is 5.11 Å². The van der Waals surface area contributed by atoms with E-state index in [1.54, 1.807) is 24.3 Å². The molecule has 0 spiro atoms. The zero-order chi connectivity index (χ0) is 14.7. The van der Waals surface area contributed by atoms with Crippen molar-refractivity contribution in [3.05, 3.63) is 63.9 Å². The van der Waals surface area contributed by atoms with Crippen LogP contribution in [0, 0.1) is 5.82 Å². The molecule has 6 heteroatoms. The minimum atomic E-state index is -1.50. The van der Waals surface area contributed by atoms with Crippen LogP contribution >= 0.6 is 15.9 Å². The molecule has 0 aromatic heterocycles. The molecule has 0 aliphatic rings. The summed E-state index contributed by atoms with van der Waals surface area (Å²) in [5, 5.41) is 9.02. The van der Waals surface area contributed by atoms with Crippen LogP contribution in [-0.4, -0.2) is 15.3 Å². The molecule has 104 valence electrons. The lowest BCUT2D eigenvalue weighted by molar-refractivity contribution is 0.0695. The predicted octanol–water partition coefficient (Wildman–Crippen LogP) is 3.59. The molecule has 1 N–H and O–H groups in total. The lowest BCUT2D eigenvalue weighted by Crippen LogP contribution is -2.03. The first-order chi connectivity index (χ1) is 9.49. The van der Waals surface area contributed by atoms with E-state index in [2.05, 4.69) is 15.9 Å². The minimum Gasteiger partial charge on any atom is -0.478 e. The average Bonchev–Trinajstić information content (AvgIpc) is 2.41. The van der Waals surface area contributed by atoms with Crippen LogP contribution in [-0.2, 0) is 16.6 Å². The van der Waals surface area contributed by atoms with E-state index >= 15 is 0 Å². The molecule has 2 aromatic carbocycles. The highest BCUT2D eigenvalue weighted by Gasteiger charge is 2.13. The molecule has 0 radical (unpaired) electrons. The van der Waals surface area contributed by atoms with Crippen LogP contribution in [0.3, 0.4) is 0 Å². The van der Waals surface area contributed by atoms with Crippen LogP contribution in [0.15, 0.2) is 51.8 Å². The third-order valence-corrected chi connectivity index (χ3v) is 4.72. The van der Waals surface area contributed by atoms with E-state index in [9.17, 15) is 13.4 Å². The van der Waals surface area contributed by atoms with Crippen LogP contribution in [0.25, 0.3) is 0 Å². The first-order valence-corrected chi connectivity index (χ1v) is 7.75. The smallest absolute Gasteiger partial charge is 0.336 e. The fourth-order valence-corrected chi connectivity index (χ4v) is 3.22. The quantitative estimate of drug-likeness (QED) is 0.910. The van der Waals surface area contributed by atoms with Gasteiger partial charge in [0.15, 0.2) is 0 Å².